The van der Waals surface area contributed by atoms with Crippen molar-refractivity contribution in [2.45, 2.75) is 36.9 Å². The molecule has 0 bridgehead atoms. The fourth-order valence-electron chi connectivity index (χ4n) is 1.27. The van der Waals surface area contributed by atoms with E-state index in [1.807, 2.05) is 0 Å². The summed E-state index contributed by atoms with van der Waals surface area (Å²) in [6, 6.07) is 3.32. The molecule has 0 fully saturated rings. The van der Waals surface area contributed by atoms with Crippen molar-refractivity contribution in [3.63, 3.8) is 0 Å². The molecule has 3 N–H and O–H groups in total. The predicted molar refractivity (Wildman–Crippen MR) is 67.5 cm³/mol. The third kappa shape index (κ3) is 4.78. The van der Waals surface area contributed by atoms with Gasteiger partial charge in [0.1, 0.15) is 0 Å². The number of nitrogens with two attached hydrogens (primary N) is 1. The number of hydrogen-bond donors (Lipinski definition) is 2. The Bertz CT molecular complexity index is 413. The van der Waals surface area contributed by atoms with E-state index >= 15 is 0 Å². The number of rotatable bonds is 4. The maximum absolute atomic E-state index is 12.4. The summed E-state index contributed by atoms with van der Waals surface area (Å²) in [5.74, 6) is 0.596. The Morgan fingerprint density at radius 1 is 1.28 bits per heavy atom. The maximum atomic E-state index is 12.4. The normalized spacial score (nSPS) is 12.8. The zero-order chi connectivity index (χ0) is 14.0. The van der Waals surface area contributed by atoms with Gasteiger partial charge in [0.15, 0.2) is 0 Å². The minimum atomic E-state index is -4.37. The molecular weight excluding hydrogens is 263 g/mol. The van der Waals surface area contributed by atoms with Crippen molar-refractivity contribution in [1.82, 2.24) is 0 Å². The van der Waals surface area contributed by atoms with Gasteiger partial charge in [0.25, 0.3) is 0 Å². The van der Waals surface area contributed by atoms with E-state index in [0.29, 0.717) is 17.1 Å². The molecule has 1 aromatic carbocycles. The van der Waals surface area contributed by atoms with Gasteiger partial charge in [-0.1, -0.05) is 0 Å². The number of nitrogen functional groups attached to an aromatic ring is 1. The molecule has 2 nitrogen and oxygen atoms in total. The van der Waals surface area contributed by atoms with Crippen LogP contribution < -0.4 is 5.73 Å². The van der Waals surface area contributed by atoms with Gasteiger partial charge in [-0.2, -0.15) is 13.2 Å². The lowest BCUT2D eigenvalue weighted by molar-refractivity contribution is -0.137. The summed E-state index contributed by atoms with van der Waals surface area (Å²) in [6.45, 7) is 3.37. The van der Waals surface area contributed by atoms with Crippen molar-refractivity contribution in [3.8, 4) is 0 Å². The van der Waals surface area contributed by atoms with Gasteiger partial charge in [-0.3, -0.25) is 0 Å². The summed E-state index contributed by atoms with van der Waals surface area (Å²) in [4.78, 5) is 0.604. The lowest BCUT2D eigenvalue weighted by Crippen LogP contribution is -2.19. The molecule has 0 aliphatic carbocycles. The fourth-order valence-corrected chi connectivity index (χ4v) is 2.48. The molecule has 1 rings (SSSR count). The van der Waals surface area contributed by atoms with E-state index in [-0.39, 0.29) is 5.69 Å². The topological polar surface area (TPSA) is 46.2 Å². The third-order valence-corrected chi connectivity index (χ3v) is 3.40. The molecule has 0 atom stereocenters. The van der Waals surface area contributed by atoms with Crippen LogP contribution in [0.5, 0.6) is 0 Å². The summed E-state index contributed by atoms with van der Waals surface area (Å²) in [6.07, 6.45) is -3.83. The molecule has 0 saturated heterocycles. The van der Waals surface area contributed by atoms with Gasteiger partial charge < -0.3 is 10.8 Å². The van der Waals surface area contributed by atoms with Crippen molar-refractivity contribution >= 4 is 17.4 Å². The summed E-state index contributed by atoms with van der Waals surface area (Å²) in [5, 5.41) is 9.52. The van der Waals surface area contributed by atoms with Crippen LogP contribution in [0.1, 0.15) is 25.8 Å². The summed E-state index contributed by atoms with van der Waals surface area (Å²) >= 11 is 1.34. The average molecular weight is 279 g/mol. The van der Waals surface area contributed by atoms with Crippen molar-refractivity contribution < 1.29 is 18.3 Å². The summed E-state index contributed by atoms with van der Waals surface area (Å²) < 4.78 is 37.2. The first-order valence-corrected chi connectivity index (χ1v) is 6.40. The van der Waals surface area contributed by atoms with Gasteiger partial charge in [-0.15, -0.1) is 11.8 Å². The molecule has 18 heavy (non-hydrogen) atoms. The molecule has 0 spiro atoms. The number of hydrogen-bond acceptors (Lipinski definition) is 3. The molecule has 6 heteroatoms. The first-order chi connectivity index (χ1) is 8.09. The van der Waals surface area contributed by atoms with E-state index in [2.05, 4.69) is 0 Å². The molecule has 0 radical (unpaired) electrons. The Morgan fingerprint density at radius 2 is 1.89 bits per heavy atom. The molecule has 0 amide bonds. The van der Waals surface area contributed by atoms with Crippen LogP contribution in [-0.2, 0) is 6.18 Å². The summed E-state index contributed by atoms with van der Waals surface area (Å²) in [7, 11) is 0. The van der Waals surface area contributed by atoms with E-state index in [0.717, 1.165) is 12.1 Å². The Kier molecular flexibility index (Phi) is 4.55. The van der Waals surface area contributed by atoms with Crippen molar-refractivity contribution in [3.05, 3.63) is 23.8 Å². The van der Waals surface area contributed by atoms with E-state index < -0.39 is 17.3 Å². The molecule has 0 aliphatic rings. The van der Waals surface area contributed by atoms with E-state index in [4.69, 9.17) is 5.73 Å². The van der Waals surface area contributed by atoms with E-state index in [1.165, 1.54) is 17.8 Å². The molecule has 0 heterocycles. The highest BCUT2D eigenvalue weighted by Crippen LogP contribution is 2.34. The zero-order valence-electron chi connectivity index (χ0n) is 10.2. The van der Waals surface area contributed by atoms with Crippen molar-refractivity contribution in [2.24, 2.45) is 0 Å². The largest absolute Gasteiger partial charge is 0.416 e. The van der Waals surface area contributed by atoms with Crippen LogP contribution in [0.15, 0.2) is 23.1 Å². The Balaban J connectivity index is 2.69. The number of alkyl halides is 3. The van der Waals surface area contributed by atoms with E-state index in [1.54, 1.807) is 13.8 Å². The minimum Gasteiger partial charge on any atom is -0.398 e. The first-order valence-electron chi connectivity index (χ1n) is 5.41. The minimum absolute atomic E-state index is 0.116. The molecule has 102 valence electrons. The Labute approximate surface area is 108 Å². The van der Waals surface area contributed by atoms with Crippen LogP contribution in [0, 0.1) is 0 Å². The second-order valence-corrected chi connectivity index (χ2v) is 5.80. The highest BCUT2D eigenvalue weighted by atomic mass is 32.2. The van der Waals surface area contributed by atoms with Crippen LogP contribution in [0.25, 0.3) is 0 Å². The lowest BCUT2D eigenvalue weighted by atomic mass is 10.1. The number of benzene rings is 1. The molecule has 0 saturated carbocycles. The molecular formula is C12H16F3NOS. The van der Waals surface area contributed by atoms with Gasteiger partial charge in [-0.05, 0) is 38.5 Å². The van der Waals surface area contributed by atoms with Crippen molar-refractivity contribution in [2.75, 3.05) is 11.5 Å². The number of anilines is 1. The molecule has 1 aromatic rings. The van der Waals surface area contributed by atoms with Gasteiger partial charge in [0, 0.05) is 16.3 Å². The molecule has 0 aromatic heterocycles. The van der Waals surface area contributed by atoms with Crippen LogP contribution in [0.3, 0.4) is 0 Å². The first kappa shape index (κ1) is 15.2. The number of halogens is 3. The van der Waals surface area contributed by atoms with Crippen LogP contribution in [0.2, 0.25) is 0 Å². The number of aliphatic hydroxyl groups is 1. The lowest BCUT2D eigenvalue weighted by Gasteiger charge is -2.16. The monoisotopic (exact) mass is 279 g/mol. The van der Waals surface area contributed by atoms with E-state index in [9.17, 15) is 18.3 Å². The second-order valence-electron chi connectivity index (χ2n) is 4.66. The highest BCUT2D eigenvalue weighted by molar-refractivity contribution is 7.99. The van der Waals surface area contributed by atoms with Gasteiger partial charge in [0.05, 0.1) is 11.2 Å². The van der Waals surface area contributed by atoms with Crippen LogP contribution in [0.4, 0.5) is 18.9 Å². The van der Waals surface area contributed by atoms with Gasteiger partial charge >= 0.3 is 6.18 Å². The molecule has 0 unspecified atom stereocenters. The Hall–Kier alpha value is -0.880. The maximum Gasteiger partial charge on any atom is 0.416 e. The number of thioether (sulfide) groups is 1. The standard InChI is InChI=1S/C12H16F3NOS/c1-11(2,17)5-6-18-10-4-3-8(7-9(10)16)12(13,14)15/h3-4,7,17H,5-6,16H2,1-2H3. The Morgan fingerprint density at radius 3 is 2.33 bits per heavy atom. The fraction of sp³-hybridized carbons (Fsp3) is 0.500. The average Bonchev–Trinajstić information content (AvgIpc) is 2.17. The zero-order valence-corrected chi connectivity index (χ0v) is 11.0. The SMILES string of the molecule is CC(C)(O)CCSc1ccc(C(F)(F)F)cc1N. The van der Waals surface area contributed by atoms with Crippen LogP contribution in [-0.4, -0.2) is 16.5 Å². The van der Waals surface area contributed by atoms with Crippen molar-refractivity contribution in [1.29, 1.82) is 0 Å². The molecule has 0 aliphatic heterocycles. The van der Waals surface area contributed by atoms with Gasteiger partial charge in [0.2, 0.25) is 0 Å². The predicted octanol–water partition coefficient (Wildman–Crippen LogP) is 3.54. The van der Waals surface area contributed by atoms with Crippen LogP contribution >= 0.6 is 11.8 Å². The smallest absolute Gasteiger partial charge is 0.398 e. The third-order valence-electron chi connectivity index (χ3n) is 2.31. The quantitative estimate of drug-likeness (QED) is 0.654. The highest BCUT2D eigenvalue weighted by Gasteiger charge is 2.30. The second kappa shape index (κ2) is 5.40. The summed E-state index contributed by atoms with van der Waals surface area (Å²) in [5.41, 5.74) is 4.17. The van der Waals surface area contributed by atoms with Gasteiger partial charge in [-0.25, -0.2) is 0 Å².